The molecule has 0 saturated heterocycles. The topological polar surface area (TPSA) is 92.7 Å². The van der Waals surface area contributed by atoms with Crippen molar-refractivity contribution in [3.8, 4) is 0 Å². The SMILES string of the molecule is CC(=O)O[C@H]1C[C@@]2(C)[C@@H](CC[C@@H]3[C@@H]2CC[C@]2(C)[C@@H]([C@H](C)CCCC(C)C)CC[C@@H]32)C[C@@H]1OS(=O)(=O)[O-].[Na+]. The molecule has 8 heteroatoms. The van der Waals surface area contributed by atoms with E-state index in [9.17, 15) is 17.8 Å². The number of carbonyl (C=O) groups excluding carboxylic acids is 1. The largest absolute Gasteiger partial charge is 1.00 e. The predicted octanol–water partition coefficient (Wildman–Crippen LogP) is 3.50. The van der Waals surface area contributed by atoms with Crippen molar-refractivity contribution in [1.82, 2.24) is 0 Å². The summed E-state index contributed by atoms with van der Waals surface area (Å²) in [5, 5.41) is 0. The van der Waals surface area contributed by atoms with Crippen LogP contribution in [0.4, 0.5) is 0 Å². The summed E-state index contributed by atoms with van der Waals surface area (Å²) in [6.07, 6.45) is 10.8. The average Bonchev–Trinajstić information content (AvgIpc) is 3.10. The van der Waals surface area contributed by atoms with E-state index in [2.05, 4.69) is 34.6 Å². The molecule has 0 radical (unpaired) electrons. The first-order valence-corrected chi connectivity index (χ1v) is 15.9. The Morgan fingerprint density at radius 2 is 1.65 bits per heavy atom. The average molecular weight is 549 g/mol. The minimum absolute atomic E-state index is 0. The summed E-state index contributed by atoms with van der Waals surface area (Å²) < 4.78 is 44.8. The van der Waals surface area contributed by atoms with Crippen LogP contribution in [-0.4, -0.2) is 31.1 Å². The summed E-state index contributed by atoms with van der Waals surface area (Å²) in [7, 11) is -4.86. The Morgan fingerprint density at radius 3 is 2.27 bits per heavy atom. The molecule has 4 aliphatic carbocycles. The van der Waals surface area contributed by atoms with Crippen LogP contribution < -0.4 is 29.6 Å². The summed E-state index contributed by atoms with van der Waals surface area (Å²) in [5.74, 6) is 4.17. The van der Waals surface area contributed by atoms with Gasteiger partial charge in [0.15, 0.2) is 0 Å². The predicted molar refractivity (Wildman–Crippen MR) is 139 cm³/mol. The number of esters is 1. The van der Waals surface area contributed by atoms with Gasteiger partial charge in [0.1, 0.15) is 12.2 Å². The fourth-order valence-corrected chi connectivity index (χ4v) is 10.4. The van der Waals surface area contributed by atoms with E-state index in [1.54, 1.807) is 0 Å². The van der Waals surface area contributed by atoms with Crippen LogP contribution in [0.15, 0.2) is 0 Å². The Kier molecular flexibility index (Phi) is 10.4. The number of fused-ring (bicyclic) bond motifs is 5. The second-order valence-electron chi connectivity index (χ2n) is 13.8. The molecule has 4 fully saturated rings. The zero-order valence-electron chi connectivity index (χ0n) is 24.3. The van der Waals surface area contributed by atoms with E-state index >= 15 is 0 Å². The van der Waals surface area contributed by atoms with Crippen LogP contribution in [0.3, 0.4) is 0 Å². The van der Waals surface area contributed by atoms with Crippen LogP contribution in [-0.2, 0) is 24.1 Å². The minimum atomic E-state index is -4.86. The number of hydrogen-bond acceptors (Lipinski definition) is 6. The summed E-state index contributed by atoms with van der Waals surface area (Å²) in [6.45, 7) is 13.4. The van der Waals surface area contributed by atoms with E-state index in [1.165, 1.54) is 58.3 Å². The fraction of sp³-hybridized carbons (Fsp3) is 0.966. The number of rotatable bonds is 8. The monoisotopic (exact) mass is 548 g/mol. The van der Waals surface area contributed by atoms with Gasteiger partial charge < -0.3 is 9.29 Å². The third-order valence-electron chi connectivity index (χ3n) is 11.4. The molecule has 4 rings (SSSR count). The van der Waals surface area contributed by atoms with Crippen LogP contribution in [0.5, 0.6) is 0 Å². The molecule has 0 aromatic heterocycles. The van der Waals surface area contributed by atoms with Gasteiger partial charge in [0.25, 0.3) is 0 Å². The van der Waals surface area contributed by atoms with Crippen molar-refractivity contribution in [3.63, 3.8) is 0 Å². The molecule has 6 nitrogen and oxygen atoms in total. The Bertz CT molecular complexity index is 908. The first-order valence-electron chi connectivity index (χ1n) is 14.6. The van der Waals surface area contributed by atoms with Crippen molar-refractivity contribution in [1.29, 1.82) is 0 Å². The van der Waals surface area contributed by atoms with Crippen LogP contribution >= 0.6 is 0 Å². The van der Waals surface area contributed by atoms with Gasteiger partial charge in [-0.05, 0) is 104 Å². The van der Waals surface area contributed by atoms with E-state index in [4.69, 9.17) is 8.92 Å². The molecular formula is C29H49NaO6S. The third kappa shape index (κ3) is 6.64. The van der Waals surface area contributed by atoms with Gasteiger partial charge in [0.2, 0.25) is 10.4 Å². The molecule has 208 valence electrons. The van der Waals surface area contributed by atoms with Gasteiger partial charge in [0, 0.05) is 6.92 Å². The van der Waals surface area contributed by atoms with E-state index in [0.717, 1.165) is 30.1 Å². The smallest absolute Gasteiger partial charge is 0.726 e. The van der Waals surface area contributed by atoms with Crippen molar-refractivity contribution < 1.29 is 56.2 Å². The molecule has 4 saturated carbocycles. The molecule has 37 heavy (non-hydrogen) atoms. The molecule has 0 unspecified atom stereocenters. The number of ether oxygens (including phenoxy) is 1. The minimum Gasteiger partial charge on any atom is -0.726 e. The van der Waals surface area contributed by atoms with Gasteiger partial charge >= 0.3 is 35.5 Å². The maximum atomic E-state index is 11.9. The Labute approximate surface area is 248 Å². The maximum Gasteiger partial charge on any atom is 1.00 e. The van der Waals surface area contributed by atoms with E-state index in [0.29, 0.717) is 30.1 Å². The van der Waals surface area contributed by atoms with Crippen LogP contribution in [0.25, 0.3) is 0 Å². The van der Waals surface area contributed by atoms with Crippen LogP contribution in [0.2, 0.25) is 0 Å². The zero-order chi connectivity index (χ0) is 26.5. The molecule has 0 aromatic rings. The number of hydrogen-bond donors (Lipinski definition) is 0. The van der Waals surface area contributed by atoms with Gasteiger partial charge in [-0.25, -0.2) is 8.42 Å². The van der Waals surface area contributed by atoms with E-state index in [1.807, 2.05) is 0 Å². The number of carbonyl (C=O) groups is 1. The van der Waals surface area contributed by atoms with Gasteiger partial charge in [-0.2, -0.15) is 0 Å². The quantitative estimate of drug-likeness (QED) is 0.200. The van der Waals surface area contributed by atoms with Gasteiger partial charge in [-0.1, -0.05) is 53.9 Å². The van der Waals surface area contributed by atoms with Crippen molar-refractivity contribution in [3.05, 3.63) is 0 Å². The summed E-state index contributed by atoms with van der Waals surface area (Å²) in [6, 6.07) is 0. The van der Waals surface area contributed by atoms with Crippen LogP contribution in [0.1, 0.15) is 112 Å². The standard InChI is InChI=1S/C29H50O6S.Na/c1-18(2)8-7-9-19(3)23-12-13-24-22-11-10-21-16-26(35-36(31,32)33)27(34-20(4)30)17-29(21,6)25(22)14-15-28(23,24)5;/h18-19,21-27H,7-17H2,1-6H3,(H,31,32,33);/q;+1/p-1/t19-,21+,22+,23-,24+,25+,26+,27+,28-,29+;/m1./s1. The van der Waals surface area contributed by atoms with Crippen LogP contribution in [0, 0.1) is 52.3 Å². The van der Waals surface area contributed by atoms with Crippen molar-refractivity contribution in [2.45, 2.75) is 124 Å². The van der Waals surface area contributed by atoms with Gasteiger partial charge in [0.05, 0.1) is 0 Å². The first-order chi connectivity index (χ1) is 16.7. The molecule has 0 bridgehead atoms. The van der Waals surface area contributed by atoms with Gasteiger partial charge in [-0.15, -0.1) is 0 Å². The normalized spacial score (nSPS) is 42.2. The molecule has 0 spiro atoms. The second-order valence-corrected chi connectivity index (χ2v) is 14.8. The molecular weight excluding hydrogens is 499 g/mol. The van der Waals surface area contributed by atoms with E-state index in [-0.39, 0.29) is 40.9 Å². The Morgan fingerprint density at radius 1 is 0.973 bits per heavy atom. The van der Waals surface area contributed by atoms with Crippen molar-refractivity contribution in [2.24, 2.45) is 52.3 Å². The summed E-state index contributed by atoms with van der Waals surface area (Å²) in [5.41, 5.74) is 0.381. The van der Waals surface area contributed by atoms with Crippen molar-refractivity contribution >= 4 is 16.4 Å². The zero-order valence-corrected chi connectivity index (χ0v) is 27.1. The molecule has 0 heterocycles. The Balaban J connectivity index is 0.00000380. The molecule has 10 atom stereocenters. The molecule has 4 aliphatic rings. The second kappa shape index (κ2) is 12.1. The van der Waals surface area contributed by atoms with E-state index < -0.39 is 28.6 Å². The molecule has 0 amide bonds. The van der Waals surface area contributed by atoms with Gasteiger partial charge in [-0.3, -0.25) is 8.98 Å². The van der Waals surface area contributed by atoms with Crippen molar-refractivity contribution in [2.75, 3.05) is 0 Å². The summed E-state index contributed by atoms with van der Waals surface area (Å²) in [4.78, 5) is 11.9. The summed E-state index contributed by atoms with van der Waals surface area (Å²) >= 11 is 0. The fourth-order valence-electron chi connectivity index (χ4n) is 9.85. The molecule has 0 aliphatic heterocycles. The molecule has 0 N–H and O–H groups in total. The third-order valence-corrected chi connectivity index (χ3v) is 11.9. The Hall–Kier alpha value is 0.340. The first kappa shape index (κ1) is 31.9. The molecule has 0 aromatic carbocycles. The maximum absolute atomic E-state index is 11.9.